The van der Waals surface area contributed by atoms with Crippen LogP contribution in [0.5, 0.6) is 0 Å². The van der Waals surface area contributed by atoms with E-state index in [2.05, 4.69) is 4.40 Å². The molecular weight excluding hydrogens is 456 g/mol. The molecule has 1 aliphatic rings. The number of Topliss-reactive ketones (excluding diaryl/α,β-unsaturated/α-hetero) is 1. The first kappa shape index (κ1) is 22.7. The second-order valence-corrected chi connectivity index (χ2v) is 9.04. The van der Waals surface area contributed by atoms with E-state index in [0.717, 1.165) is 0 Å². The van der Waals surface area contributed by atoms with Crippen molar-refractivity contribution in [2.75, 3.05) is 4.90 Å². The number of sulfonamides is 1. The number of amides is 1. The Labute approximate surface area is 195 Å². The molecule has 0 radical (unpaired) electrons. The molecule has 1 saturated heterocycles. The summed E-state index contributed by atoms with van der Waals surface area (Å²) in [5, 5.41) is 11.0. The van der Waals surface area contributed by atoms with Gasteiger partial charge in [-0.15, -0.1) is 4.40 Å². The first-order chi connectivity index (χ1) is 16.2. The van der Waals surface area contributed by atoms with Crippen molar-refractivity contribution in [3.8, 4) is 0 Å². The number of benzene rings is 3. The summed E-state index contributed by atoms with van der Waals surface area (Å²) in [6, 6.07) is 21.5. The van der Waals surface area contributed by atoms with Gasteiger partial charge in [0.25, 0.3) is 21.7 Å². The molecule has 1 aliphatic heterocycles. The lowest BCUT2D eigenvalue weighted by molar-refractivity contribution is -0.132. The number of aliphatic hydroxyl groups excluding tert-OH is 1. The average molecular weight is 477 g/mol. The number of carbonyl (C=O) groups is 2. The van der Waals surface area contributed by atoms with Crippen LogP contribution in [0.15, 0.2) is 99.8 Å². The van der Waals surface area contributed by atoms with Crippen molar-refractivity contribution in [3.63, 3.8) is 0 Å². The molecular formula is C24H20N4O5S. The highest BCUT2D eigenvalue weighted by atomic mass is 32.2. The molecule has 0 bridgehead atoms. The summed E-state index contributed by atoms with van der Waals surface area (Å²) in [6.07, 6.45) is 0. The molecule has 1 fully saturated rings. The van der Waals surface area contributed by atoms with Crippen LogP contribution in [0, 0.1) is 0 Å². The van der Waals surface area contributed by atoms with Gasteiger partial charge in [0.05, 0.1) is 16.5 Å². The van der Waals surface area contributed by atoms with Crippen LogP contribution < -0.4 is 16.4 Å². The van der Waals surface area contributed by atoms with E-state index < -0.39 is 33.7 Å². The van der Waals surface area contributed by atoms with Crippen LogP contribution in [0.2, 0.25) is 0 Å². The monoisotopic (exact) mass is 476 g/mol. The predicted octanol–water partition coefficient (Wildman–Crippen LogP) is 2.28. The number of rotatable bonds is 5. The number of aliphatic hydroxyl groups is 1. The maximum atomic E-state index is 13.1. The predicted molar refractivity (Wildman–Crippen MR) is 127 cm³/mol. The minimum Gasteiger partial charge on any atom is -0.507 e. The summed E-state index contributed by atoms with van der Waals surface area (Å²) in [4.78, 5) is 27.2. The summed E-state index contributed by atoms with van der Waals surface area (Å²) in [7, 11) is -4.13. The fourth-order valence-corrected chi connectivity index (χ4v) is 4.63. The molecule has 1 unspecified atom stereocenters. The zero-order chi connectivity index (χ0) is 24.5. The molecule has 0 aromatic heterocycles. The largest absolute Gasteiger partial charge is 0.507 e. The van der Waals surface area contributed by atoms with Crippen molar-refractivity contribution < 1.29 is 23.1 Å². The topological polar surface area (TPSA) is 156 Å². The minimum absolute atomic E-state index is 0.0698. The molecule has 0 aliphatic carbocycles. The normalized spacial score (nSPS) is 17.5. The molecule has 34 heavy (non-hydrogen) atoms. The first-order valence-electron chi connectivity index (χ1n) is 10.1. The third-order valence-electron chi connectivity index (χ3n) is 5.25. The Morgan fingerprint density at radius 2 is 1.41 bits per heavy atom. The van der Waals surface area contributed by atoms with Crippen LogP contribution >= 0.6 is 0 Å². The van der Waals surface area contributed by atoms with Crippen LogP contribution in [0.1, 0.15) is 17.2 Å². The van der Waals surface area contributed by atoms with Crippen LogP contribution in [0.25, 0.3) is 5.76 Å². The van der Waals surface area contributed by atoms with Gasteiger partial charge in [0.15, 0.2) is 0 Å². The lowest BCUT2D eigenvalue weighted by Gasteiger charge is -2.25. The second-order valence-electron chi connectivity index (χ2n) is 7.43. The number of anilines is 1. The van der Waals surface area contributed by atoms with E-state index in [1.54, 1.807) is 60.7 Å². The highest BCUT2D eigenvalue weighted by Crippen LogP contribution is 2.42. The Kier molecular flexibility index (Phi) is 5.91. The van der Waals surface area contributed by atoms with Gasteiger partial charge in [-0.1, -0.05) is 60.7 Å². The van der Waals surface area contributed by atoms with E-state index >= 15 is 0 Å². The van der Waals surface area contributed by atoms with Crippen molar-refractivity contribution >= 4 is 39.1 Å². The molecule has 5 N–H and O–H groups in total. The van der Waals surface area contributed by atoms with Crippen LogP contribution in [0.3, 0.4) is 0 Å². The molecule has 10 heteroatoms. The molecule has 3 aromatic carbocycles. The molecule has 1 atom stereocenters. The number of nitrogens with two attached hydrogens (primary N) is 2. The smallest absolute Gasteiger partial charge is 0.300 e. The number of guanidine groups is 1. The van der Waals surface area contributed by atoms with Gasteiger partial charge in [0.2, 0.25) is 5.96 Å². The number of hydrogen-bond acceptors (Lipinski definition) is 5. The zero-order valence-corrected chi connectivity index (χ0v) is 18.5. The van der Waals surface area contributed by atoms with Gasteiger partial charge >= 0.3 is 0 Å². The van der Waals surface area contributed by atoms with E-state index in [4.69, 9.17) is 11.5 Å². The lowest BCUT2D eigenvalue weighted by atomic mass is 9.95. The standard InChI is InChI=1S/C24H20N4O5S/c25-24(26)27-34(32,33)18-13-11-17(12-14-18)28-20(15-7-3-1-4-8-15)19(22(30)23(28)31)21(29)16-9-5-2-6-10-16/h1-14,20,29H,(H4,25,26,27). The van der Waals surface area contributed by atoms with E-state index in [-0.39, 0.29) is 21.9 Å². The van der Waals surface area contributed by atoms with E-state index in [0.29, 0.717) is 11.1 Å². The molecule has 1 heterocycles. The number of nitrogens with zero attached hydrogens (tertiary/aromatic N) is 2. The molecule has 172 valence electrons. The summed E-state index contributed by atoms with van der Waals surface area (Å²) in [5.74, 6) is -2.62. The summed E-state index contributed by atoms with van der Waals surface area (Å²) < 4.78 is 27.7. The molecule has 4 rings (SSSR count). The molecule has 1 amide bonds. The Morgan fingerprint density at radius 3 is 1.97 bits per heavy atom. The fourth-order valence-electron chi connectivity index (χ4n) is 3.77. The first-order valence-corrected chi connectivity index (χ1v) is 11.5. The Hall–Kier alpha value is -4.44. The van der Waals surface area contributed by atoms with Crippen molar-refractivity contribution in [1.29, 1.82) is 0 Å². The van der Waals surface area contributed by atoms with Crippen molar-refractivity contribution in [2.24, 2.45) is 15.9 Å². The van der Waals surface area contributed by atoms with Crippen LogP contribution in [-0.2, 0) is 19.6 Å². The van der Waals surface area contributed by atoms with Gasteiger partial charge in [-0.2, -0.15) is 8.42 Å². The van der Waals surface area contributed by atoms with Gasteiger partial charge in [-0.3, -0.25) is 14.5 Å². The van der Waals surface area contributed by atoms with Gasteiger partial charge in [0.1, 0.15) is 5.76 Å². The molecule has 9 nitrogen and oxygen atoms in total. The Morgan fingerprint density at radius 1 is 0.853 bits per heavy atom. The Bertz CT molecular complexity index is 1410. The fraction of sp³-hybridized carbons (Fsp3) is 0.0417. The highest BCUT2D eigenvalue weighted by molar-refractivity contribution is 7.90. The van der Waals surface area contributed by atoms with Crippen molar-refractivity contribution in [2.45, 2.75) is 10.9 Å². The van der Waals surface area contributed by atoms with Gasteiger partial charge in [0, 0.05) is 11.3 Å². The Balaban J connectivity index is 1.86. The third-order valence-corrected chi connectivity index (χ3v) is 6.56. The number of hydrogen-bond donors (Lipinski definition) is 3. The van der Waals surface area contributed by atoms with E-state index in [1.807, 2.05) is 0 Å². The lowest BCUT2D eigenvalue weighted by Crippen LogP contribution is -2.29. The zero-order valence-electron chi connectivity index (χ0n) is 17.7. The summed E-state index contributed by atoms with van der Waals surface area (Å²) >= 11 is 0. The highest BCUT2D eigenvalue weighted by Gasteiger charge is 2.46. The van der Waals surface area contributed by atoms with Crippen molar-refractivity contribution in [1.82, 2.24) is 0 Å². The van der Waals surface area contributed by atoms with E-state index in [9.17, 15) is 23.1 Å². The summed E-state index contributed by atoms with van der Waals surface area (Å²) in [6.45, 7) is 0. The summed E-state index contributed by atoms with van der Waals surface area (Å²) in [5.41, 5.74) is 11.5. The maximum Gasteiger partial charge on any atom is 0.300 e. The third kappa shape index (κ3) is 4.14. The van der Waals surface area contributed by atoms with Crippen LogP contribution in [0.4, 0.5) is 5.69 Å². The quantitative estimate of drug-likeness (QED) is 0.168. The van der Waals surface area contributed by atoms with Gasteiger partial charge in [-0.05, 0) is 29.8 Å². The van der Waals surface area contributed by atoms with E-state index in [1.165, 1.54) is 29.2 Å². The molecule has 0 saturated carbocycles. The van der Waals surface area contributed by atoms with Gasteiger partial charge < -0.3 is 16.6 Å². The van der Waals surface area contributed by atoms with Gasteiger partial charge in [-0.25, -0.2) is 0 Å². The molecule has 0 spiro atoms. The van der Waals surface area contributed by atoms with Crippen LogP contribution in [-0.4, -0.2) is 31.2 Å². The average Bonchev–Trinajstić information content (AvgIpc) is 3.09. The minimum atomic E-state index is -4.13. The second kappa shape index (κ2) is 8.83. The maximum absolute atomic E-state index is 13.1. The van der Waals surface area contributed by atoms with Crippen molar-refractivity contribution in [3.05, 3.63) is 102 Å². The SMILES string of the molecule is NC(N)=NS(=O)(=O)c1ccc(N2C(=O)C(=O)C(=C(O)c3ccccc3)C2c2ccccc2)cc1. The number of ketones is 1. The number of carbonyl (C=O) groups excluding carboxylic acids is 2. The molecule has 3 aromatic rings.